The molecule has 1 fully saturated rings. The molecule has 5 rings (SSSR count). The number of hydrogen-bond acceptors (Lipinski definition) is 6. The van der Waals surface area contributed by atoms with E-state index in [1.807, 2.05) is 52.0 Å². The molecule has 190 valence electrons. The number of nitrogens with one attached hydrogen (secondary N) is 2. The van der Waals surface area contributed by atoms with E-state index < -0.39 is 11.1 Å². The summed E-state index contributed by atoms with van der Waals surface area (Å²) in [6, 6.07) is 9.01. The monoisotopic (exact) mass is 509 g/mol. The van der Waals surface area contributed by atoms with Crippen LogP contribution in [-0.2, 0) is 9.59 Å². The molecule has 2 aromatic rings. The van der Waals surface area contributed by atoms with Crippen LogP contribution >= 0.6 is 11.6 Å². The first kappa shape index (κ1) is 24.6. The zero-order valence-corrected chi connectivity index (χ0v) is 21.8. The van der Waals surface area contributed by atoms with Crippen LogP contribution in [0.15, 0.2) is 47.7 Å². The molecule has 1 aromatic heterocycles. The molecule has 2 N–H and O–H groups in total. The lowest BCUT2D eigenvalue weighted by Gasteiger charge is -2.38. The Morgan fingerprint density at radius 1 is 1.19 bits per heavy atom. The lowest BCUT2D eigenvalue weighted by molar-refractivity contribution is -0.130. The second kappa shape index (κ2) is 9.07. The largest absolute Gasteiger partial charge is 0.487 e. The number of rotatable bonds is 5. The van der Waals surface area contributed by atoms with Crippen LogP contribution in [0.25, 0.3) is 0 Å². The third-order valence-corrected chi connectivity index (χ3v) is 7.14. The Balaban J connectivity index is 1.27. The van der Waals surface area contributed by atoms with Gasteiger partial charge in [-0.05, 0) is 70.4 Å². The molecule has 0 radical (unpaired) electrons. The van der Waals surface area contributed by atoms with Crippen molar-refractivity contribution in [3.05, 3.63) is 53.3 Å². The maximum absolute atomic E-state index is 13.2. The van der Waals surface area contributed by atoms with Gasteiger partial charge in [-0.2, -0.15) is 0 Å². The summed E-state index contributed by atoms with van der Waals surface area (Å²) in [6.07, 6.45) is 5.08. The molecule has 3 heterocycles. The number of aromatic nitrogens is 1. The van der Waals surface area contributed by atoms with Crippen LogP contribution in [0.4, 0.5) is 5.69 Å². The lowest BCUT2D eigenvalue weighted by atomic mass is 9.89. The Morgan fingerprint density at radius 3 is 2.69 bits per heavy atom. The smallest absolute Gasteiger partial charge is 0.231 e. The van der Waals surface area contributed by atoms with Crippen LogP contribution in [0, 0.1) is 11.8 Å². The third-order valence-electron chi connectivity index (χ3n) is 6.91. The van der Waals surface area contributed by atoms with E-state index in [1.54, 1.807) is 23.4 Å². The highest BCUT2D eigenvalue weighted by Crippen LogP contribution is 2.44. The molecule has 0 saturated heterocycles. The van der Waals surface area contributed by atoms with Gasteiger partial charge in [0.1, 0.15) is 11.4 Å². The predicted molar refractivity (Wildman–Crippen MR) is 139 cm³/mol. The highest BCUT2D eigenvalue weighted by atomic mass is 35.5. The molecule has 0 bridgehead atoms. The number of guanidine groups is 1. The summed E-state index contributed by atoms with van der Waals surface area (Å²) in [6.45, 7) is 8.38. The van der Waals surface area contributed by atoms with E-state index in [0.29, 0.717) is 30.4 Å². The number of benzene rings is 1. The molecule has 3 atom stereocenters. The van der Waals surface area contributed by atoms with Crippen LogP contribution < -0.4 is 15.4 Å². The van der Waals surface area contributed by atoms with Gasteiger partial charge in [-0.15, -0.1) is 0 Å². The van der Waals surface area contributed by atoms with E-state index >= 15 is 0 Å². The number of carbonyl (C=O) groups is 2. The highest BCUT2D eigenvalue weighted by Gasteiger charge is 2.47. The van der Waals surface area contributed by atoms with E-state index in [2.05, 4.69) is 15.6 Å². The summed E-state index contributed by atoms with van der Waals surface area (Å²) in [4.78, 5) is 36.9. The molecule has 9 heteroatoms. The van der Waals surface area contributed by atoms with Crippen molar-refractivity contribution in [2.75, 3.05) is 11.9 Å². The Morgan fingerprint density at radius 2 is 1.94 bits per heavy atom. The van der Waals surface area contributed by atoms with Gasteiger partial charge in [0, 0.05) is 47.6 Å². The average molecular weight is 510 g/mol. The first-order valence-corrected chi connectivity index (χ1v) is 12.7. The van der Waals surface area contributed by atoms with Gasteiger partial charge in [0.05, 0.1) is 18.0 Å². The van der Waals surface area contributed by atoms with Crippen LogP contribution in [0.5, 0.6) is 5.75 Å². The second-order valence-corrected chi connectivity index (χ2v) is 11.6. The number of pyridine rings is 1. The first-order chi connectivity index (χ1) is 17.0. The maximum Gasteiger partial charge on any atom is 0.231 e. The van der Waals surface area contributed by atoms with Crippen molar-refractivity contribution in [3.8, 4) is 5.75 Å². The van der Waals surface area contributed by atoms with E-state index in [0.717, 1.165) is 23.4 Å². The Hall–Kier alpha value is -3.13. The van der Waals surface area contributed by atoms with Gasteiger partial charge in [0.25, 0.3) is 0 Å². The molecular formula is C27H32ClN5O3. The number of nitrogens with zero attached hydrogens (tertiary/aromatic N) is 3. The number of ether oxygens (including phenoxy) is 1. The molecule has 2 unspecified atom stereocenters. The van der Waals surface area contributed by atoms with Crippen LogP contribution in [-0.4, -0.2) is 45.3 Å². The minimum absolute atomic E-state index is 0.000930. The molecule has 1 saturated carbocycles. The number of fused-ring (bicyclic) bond motifs is 1. The van der Waals surface area contributed by atoms with Crippen molar-refractivity contribution in [1.29, 1.82) is 0 Å². The van der Waals surface area contributed by atoms with E-state index in [9.17, 15) is 9.59 Å². The summed E-state index contributed by atoms with van der Waals surface area (Å²) in [7, 11) is 0. The molecule has 1 aromatic carbocycles. The van der Waals surface area contributed by atoms with Gasteiger partial charge in [-0.3, -0.25) is 19.5 Å². The van der Waals surface area contributed by atoms with Crippen molar-refractivity contribution in [3.63, 3.8) is 0 Å². The molecule has 1 aliphatic carbocycles. The fourth-order valence-corrected chi connectivity index (χ4v) is 5.24. The zero-order valence-electron chi connectivity index (χ0n) is 21.0. The van der Waals surface area contributed by atoms with Crippen molar-refractivity contribution in [2.24, 2.45) is 16.8 Å². The van der Waals surface area contributed by atoms with Gasteiger partial charge in [-0.1, -0.05) is 11.6 Å². The van der Waals surface area contributed by atoms with Crippen LogP contribution in [0.3, 0.4) is 0 Å². The van der Waals surface area contributed by atoms with Crippen LogP contribution in [0.1, 0.15) is 58.6 Å². The van der Waals surface area contributed by atoms with Crippen molar-refractivity contribution in [2.45, 2.75) is 64.1 Å². The van der Waals surface area contributed by atoms with E-state index in [1.165, 1.54) is 0 Å². The number of aliphatic imine (C=N–C) groups is 1. The van der Waals surface area contributed by atoms with Crippen molar-refractivity contribution < 1.29 is 14.3 Å². The number of hydrogen-bond donors (Lipinski definition) is 2. The third kappa shape index (κ3) is 5.33. The lowest BCUT2D eigenvalue weighted by Crippen LogP contribution is -2.50. The topological polar surface area (TPSA) is 95.9 Å². The Bertz CT molecular complexity index is 1210. The standard InChI is InChI=1S/C27H32ClN5O3/c1-26(2)14-23(34)33(25(32-26)30-18-7-9-29-10-8-18)15-16-11-19(16)24(35)31-21-13-27(3,4)36-22-6-5-17(28)12-20(21)22/h5-10,12,16,19,21H,11,13-15H2,1-4H3,(H,31,35)(H,29,30,32)/t16?,19?,21-/m0/s1. The van der Waals surface area contributed by atoms with Gasteiger partial charge in [-0.25, -0.2) is 4.99 Å². The molecule has 36 heavy (non-hydrogen) atoms. The predicted octanol–water partition coefficient (Wildman–Crippen LogP) is 4.57. The number of carbonyl (C=O) groups excluding carboxylic acids is 2. The molecular weight excluding hydrogens is 478 g/mol. The Labute approximate surface area is 216 Å². The normalized spacial score (nSPS) is 25.8. The minimum Gasteiger partial charge on any atom is -0.487 e. The van der Waals surface area contributed by atoms with E-state index in [4.69, 9.17) is 21.3 Å². The quantitative estimate of drug-likeness (QED) is 0.615. The number of halogens is 1. The number of anilines is 1. The second-order valence-electron chi connectivity index (χ2n) is 11.2. The minimum atomic E-state index is -0.492. The van der Waals surface area contributed by atoms with E-state index in [-0.39, 0.29) is 29.7 Å². The molecule has 3 aliphatic rings. The van der Waals surface area contributed by atoms with Gasteiger partial charge in [0.2, 0.25) is 17.8 Å². The molecule has 8 nitrogen and oxygen atoms in total. The van der Waals surface area contributed by atoms with Gasteiger partial charge in [0.15, 0.2) is 0 Å². The summed E-state index contributed by atoms with van der Waals surface area (Å²) in [5.41, 5.74) is 0.813. The fourth-order valence-electron chi connectivity index (χ4n) is 5.06. The van der Waals surface area contributed by atoms with Crippen molar-refractivity contribution >= 4 is 35.1 Å². The molecule has 2 amide bonds. The van der Waals surface area contributed by atoms with Crippen molar-refractivity contribution in [1.82, 2.24) is 15.2 Å². The van der Waals surface area contributed by atoms with Crippen LogP contribution in [0.2, 0.25) is 5.02 Å². The summed E-state index contributed by atoms with van der Waals surface area (Å²) < 4.78 is 6.09. The number of amides is 2. The maximum atomic E-state index is 13.2. The van der Waals surface area contributed by atoms with Gasteiger partial charge >= 0.3 is 0 Å². The summed E-state index contributed by atoms with van der Waals surface area (Å²) >= 11 is 6.24. The molecule has 0 spiro atoms. The SMILES string of the molecule is CC1(C)CC(=O)N(CC2CC2C(=O)N[C@H]2CC(C)(C)Oc3ccc(Cl)cc32)C(Nc2ccncc2)=N1. The first-order valence-electron chi connectivity index (χ1n) is 12.4. The van der Waals surface area contributed by atoms with Gasteiger partial charge < -0.3 is 15.4 Å². The Kier molecular flexibility index (Phi) is 6.19. The summed E-state index contributed by atoms with van der Waals surface area (Å²) in [5, 5.41) is 7.11. The highest BCUT2D eigenvalue weighted by molar-refractivity contribution is 6.30. The fraction of sp³-hybridized carbons (Fsp3) is 0.481. The average Bonchev–Trinajstić information content (AvgIpc) is 3.56. The zero-order chi connectivity index (χ0) is 25.7. The summed E-state index contributed by atoms with van der Waals surface area (Å²) in [5.74, 6) is 1.20. The molecule has 2 aliphatic heterocycles.